The van der Waals surface area contributed by atoms with E-state index < -0.39 is 5.97 Å². The van der Waals surface area contributed by atoms with E-state index in [-0.39, 0.29) is 24.5 Å². The average Bonchev–Trinajstić information content (AvgIpc) is 3.20. The monoisotopic (exact) mass is 573 g/mol. The van der Waals surface area contributed by atoms with Crippen LogP contribution in [0.25, 0.3) is 6.08 Å². The van der Waals surface area contributed by atoms with Gasteiger partial charge < -0.3 is 19.5 Å². The molecule has 1 fully saturated rings. The highest BCUT2D eigenvalue weighted by Gasteiger charge is 2.31. The highest BCUT2D eigenvalue weighted by molar-refractivity contribution is 8.18. The molecule has 9 nitrogen and oxygen atoms in total. The average molecular weight is 574 g/mol. The summed E-state index contributed by atoms with van der Waals surface area (Å²) in [5.74, 6) is -0.276. The molecule has 0 bridgehead atoms. The first-order chi connectivity index (χ1) is 19.6. The number of hydrogen-bond donors (Lipinski definition) is 1. The first-order valence-electron chi connectivity index (χ1n) is 12.9. The Morgan fingerprint density at radius 3 is 2.51 bits per heavy atom. The van der Waals surface area contributed by atoms with Crippen molar-refractivity contribution >= 4 is 52.2 Å². The number of carbonyl (C=O) groups excluding carboxylic acids is 3. The first-order valence-corrected chi connectivity index (χ1v) is 13.7. The van der Waals surface area contributed by atoms with Crippen molar-refractivity contribution in [2.75, 3.05) is 26.1 Å². The Balaban J connectivity index is 1.54. The van der Waals surface area contributed by atoms with E-state index in [1.54, 1.807) is 69.4 Å². The van der Waals surface area contributed by atoms with Crippen LogP contribution in [0.1, 0.15) is 35.3 Å². The summed E-state index contributed by atoms with van der Waals surface area (Å²) in [6, 6.07) is 19.4. The number of esters is 1. The Hall–Kier alpha value is -4.57. The maximum Gasteiger partial charge on any atom is 0.338 e. The second-order valence-corrected chi connectivity index (χ2v) is 10.5. The quantitative estimate of drug-likeness (QED) is 0.254. The van der Waals surface area contributed by atoms with Gasteiger partial charge in [0.2, 0.25) is 0 Å². The smallest absolute Gasteiger partial charge is 0.338 e. The lowest BCUT2D eigenvalue weighted by molar-refractivity contribution is -0.121. The number of para-hydroxylation sites is 1. The molecule has 0 atom stereocenters. The summed E-state index contributed by atoms with van der Waals surface area (Å²) in [7, 11) is 3.13. The third-order valence-corrected chi connectivity index (χ3v) is 6.91. The molecule has 2 amide bonds. The van der Waals surface area contributed by atoms with Gasteiger partial charge in [0.25, 0.3) is 11.8 Å². The molecule has 212 valence electrons. The Labute approximate surface area is 243 Å². The summed E-state index contributed by atoms with van der Waals surface area (Å²) < 4.78 is 16.6. The van der Waals surface area contributed by atoms with Crippen LogP contribution in [0.15, 0.2) is 76.6 Å². The lowest BCUT2D eigenvalue weighted by Crippen LogP contribution is -2.23. The highest BCUT2D eigenvalue weighted by atomic mass is 32.2. The third-order valence-electron chi connectivity index (χ3n) is 5.85. The summed E-state index contributed by atoms with van der Waals surface area (Å²) in [6.07, 6.45) is 1.44. The van der Waals surface area contributed by atoms with Gasteiger partial charge in [0.15, 0.2) is 23.3 Å². The third kappa shape index (κ3) is 7.55. The van der Waals surface area contributed by atoms with Crippen LogP contribution in [-0.4, -0.2) is 54.7 Å². The summed E-state index contributed by atoms with van der Waals surface area (Å²) >= 11 is 1.19. The number of carbonyl (C=O) groups is 3. The molecular weight excluding hydrogens is 542 g/mol. The van der Waals surface area contributed by atoms with Crippen molar-refractivity contribution in [1.29, 1.82) is 0 Å². The zero-order valence-corrected chi connectivity index (χ0v) is 24.3. The number of nitrogens with zero attached hydrogens (tertiary/aromatic N) is 2. The van der Waals surface area contributed by atoms with Crippen LogP contribution in [0.4, 0.5) is 11.4 Å². The molecule has 0 aromatic heterocycles. The molecule has 1 heterocycles. The van der Waals surface area contributed by atoms with Crippen molar-refractivity contribution in [2.24, 2.45) is 4.99 Å². The van der Waals surface area contributed by atoms with Gasteiger partial charge in [-0.15, -0.1) is 0 Å². The molecule has 1 N–H and O–H groups in total. The fourth-order valence-electron chi connectivity index (χ4n) is 3.82. The Bertz CT molecular complexity index is 1510. The lowest BCUT2D eigenvalue weighted by Gasteiger charge is -2.14. The molecule has 0 radical (unpaired) electrons. The maximum absolute atomic E-state index is 13.1. The van der Waals surface area contributed by atoms with Crippen molar-refractivity contribution in [3.8, 4) is 11.5 Å². The molecule has 1 aliphatic rings. The Morgan fingerprint density at radius 2 is 1.80 bits per heavy atom. The van der Waals surface area contributed by atoms with E-state index in [0.717, 1.165) is 5.56 Å². The van der Waals surface area contributed by atoms with Crippen molar-refractivity contribution in [1.82, 2.24) is 4.90 Å². The van der Waals surface area contributed by atoms with E-state index in [1.165, 1.54) is 23.8 Å². The molecule has 1 aliphatic heterocycles. The molecule has 0 saturated carbocycles. The predicted molar refractivity (Wildman–Crippen MR) is 161 cm³/mol. The highest BCUT2D eigenvalue weighted by Crippen LogP contribution is 2.38. The predicted octanol–water partition coefficient (Wildman–Crippen LogP) is 5.82. The fraction of sp³-hybridized carbons (Fsp3) is 0.226. The van der Waals surface area contributed by atoms with Crippen molar-refractivity contribution < 1.29 is 28.6 Å². The van der Waals surface area contributed by atoms with Crippen LogP contribution in [0, 0.1) is 6.92 Å². The van der Waals surface area contributed by atoms with Gasteiger partial charge in [-0.1, -0.05) is 35.9 Å². The second kappa shape index (κ2) is 13.2. The van der Waals surface area contributed by atoms with Crippen molar-refractivity contribution in [3.05, 3.63) is 88.3 Å². The van der Waals surface area contributed by atoms with Gasteiger partial charge in [-0.25, -0.2) is 9.79 Å². The number of likely N-dealkylation sites (N-methyl/N-ethyl adjacent to an activating group) is 1. The number of benzene rings is 3. The van der Waals surface area contributed by atoms with E-state index in [2.05, 4.69) is 10.3 Å². The minimum absolute atomic E-state index is 0.243. The molecule has 0 unspecified atom stereocenters. The van der Waals surface area contributed by atoms with E-state index in [0.29, 0.717) is 44.1 Å². The van der Waals surface area contributed by atoms with E-state index >= 15 is 0 Å². The largest absolute Gasteiger partial charge is 0.493 e. The Morgan fingerprint density at radius 1 is 1.07 bits per heavy atom. The van der Waals surface area contributed by atoms with E-state index in [4.69, 9.17) is 14.2 Å². The van der Waals surface area contributed by atoms with E-state index in [9.17, 15) is 14.4 Å². The number of rotatable bonds is 9. The van der Waals surface area contributed by atoms with Gasteiger partial charge in [-0.2, -0.15) is 0 Å². The normalized spacial score (nSPS) is 15.0. The number of amidine groups is 1. The van der Waals surface area contributed by atoms with Crippen LogP contribution in [0.2, 0.25) is 0 Å². The minimum Gasteiger partial charge on any atom is -0.493 e. The summed E-state index contributed by atoms with van der Waals surface area (Å²) in [4.78, 5) is 44.4. The maximum atomic E-state index is 13.1. The lowest BCUT2D eigenvalue weighted by atomic mass is 10.1. The van der Waals surface area contributed by atoms with Gasteiger partial charge in [-0.05, 0) is 75.0 Å². The molecule has 0 aliphatic carbocycles. The topological polar surface area (TPSA) is 107 Å². The number of hydrogen-bond acceptors (Lipinski definition) is 8. The van der Waals surface area contributed by atoms with Gasteiger partial charge in [-0.3, -0.25) is 14.5 Å². The Kier molecular flexibility index (Phi) is 9.46. The molecule has 3 aromatic rings. The summed E-state index contributed by atoms with van der Waals surface area (Å²) in [5.41, 5.74) is 3.20. The number of amides is 2. The zero-order valence-electron chi connectivity index (χ0n) is 23.5. The first kappa shape index (κ1) is 29.4. The van der Waals surface area contributed by atoms with Gasteiger partial charge in [0.05, 0.1) is 29.4 Å². The molecule has 10 heteroatoms. The number of nitrogens with one attached hydrogen (secondary N) is 1. The number of aryl methyl sites for hydroxylation is 1. The van der Waals surface area contributed by atoms with Crippen LogP contribution in [0.5, 0.6) is 11.5 Å². The molecule has 41 heavy (non-hydrogen) atoms. The fourth-order valence-corrected chi connectivity index (χ4v) is 4.80. The minimum atomic E-state index is -0.441. The van der Waals surface area contributed by atoms with Gasteiger partial charge in [0.1, 0.15) is 0 Å². The van der Waals surface area contributed by atoms with Crippen molar-refractivity contribution in [2.45, 2.75) is 26.9 Å². The molecule has 3 aromatic carbocycles. The van der Waals surface area contributed by atoms with E-state index in [1.807, 2.05) is 31.2 Å². The SMILES string of the molecule is COc1cccc(/C=C2/SC(=Nc3cccc(C(=O)OC(C)C)c3)N(C)C2=O)c1OCC(=O)Nc1ccc(C)cc1. The molecular formula is C31H31N3O6S. The molecule has 1 saturated heterocycles. The van der Waals surface area contributed by atoms with Gasteiger partial charge >= 0.3 is 5.97 Å². The van der Waals surface area contributed by atoms with Crippen LogP contribution < -0.4 is 14.8 Å². The molecule has 4 rings (SSSR count). The summed E-state index contributed by atoms with van der Waals surface area (Å²) in [5, 5.41) is 3.24. The standard InChI is InChI=1S/C31H31N3O6S/c1-19(2)40-30(37)22-9-6-10-24(16-22)33-31-34(4)29(36)26(41-31)17-21-8-7-11-25(38-5)28(21)39-18-27(35)32-23-14-12-20(3)13-15-23/h6-17,19H,18H2,1-5H3,(H,32,35)/b26-17+,33-31?. The number of ether oxygens (including phenoxy) is 3. The summed E-state index contributed by atoms with van der Waals surface area (Å²) in [6.45, 7) is 5.28. The number of methoxy groups -OCH3 is 1. The van der Waals surface area contributed by atoms with Crippen LogP contribution >= 0.6 is 11.8 Å². The van der Waals surface area contributed by atoms with Crippen LogP contribution in [0.3, 0.4) is 0 Å². The molecule has 0 spiro atoms. The second-order valence-electron chi connectivity index (χ2n) is 9.46. The number of thioether (sulfide) groups is 1. The number of anilines is 1. The number of aliphatic imine (C=N–C) groups is 1. The van der Waals surface area contributed by atoms with Crippen molar-refractivity contribution in [3.63, 3.8) is 0 Å². The van der Waals surface area contributed by atoms with Gasteiger partial charge in [0, 0.05) is 18.3 Å². The zero-order chi connectivity index (χ0) is 29.5. The van der Waals surface area contributed by atoms with Crippen LogP contribution in [-0.2, 0) is 14.3 Å².